The summed E-state index contributed by atoms with van der Waals surface area (Å²) in [6.45, 7) is 5.24. The Labute approximate surface area is 249 Å². The van der Waals surface area contributed by atoms with E-state index >= 15 is 0 Å². The van der Waals surface area contributed by atoms with Crippen molar-refractivity contribution in [2.24, 2.45) is 18.9 Å². The van der Waals surface area contributed by atoms with Crippen LogP contribution in [0.2, 0.25) is 0 Å². The number of piperidine rings is 2. The maximum atomic E-state index is 13.4. The van der Waals surface area contributed by atoms with Crippen molar-refractivity contribution in [3.8, 4) is 23.7 Å². The Morgan fingerprint density at radius 1 is 1.15 bits per heavy atom. The van der Waals surface area contributed by atoms with Gasteiger partial charge >= 0.3 is 6.03 Å². The smallest absolute Gasteiger partial charge is 0.319 e. The molecule has 2 saturated heterocycles. The van der Waals surface area contributed by atoms with Crippen LogP contribution in [0, 0.1) is 30.0 Å². The highest BCUT2D eigenvalue weighted by Gasteiger charge is 2.33. The lowest BCUT2D eigenvalue weighted by Gasteiger charge is -2.42. The highest BCUT2D eigenvalue weighted by molar-refractivity contribution is 9.10. The predicted octanol–water partition coefficient (Wildman–Crippen LogP) is 4.18. The number of carbonyl (C=O) groups is 1. The van der Waals surface area contributed by atoms with E-state index in [0.29, 0.717) is 24.0 Å². The SMILES string of the molecule is C#CCN1CC[C@@H](NC(=O)Nc2cc(Br)cc(-c3nnnn3C)c2)[C@H](CN2CCCC(Cc3ccc(F)cc3)C2)C1. The number of carbonyl (C=O) groups excluding carboxylic acids is 1. The van der Waals surface area contributed by atoms with Gasteiger partial charge < -0.3 is 15.5 Å². The number of terminal acetylenes is 1. The van der Waals surface area contributed by atoms with Gasteiger partial charge in [-0.05, 0) is 84.5 Å². The van der Waals surface area contributed by atoms with Crippen molar-refractivity contribution in [1.29, 1.82) is 0 Å². The zero-order valence-corrected chi connectivity index (χ0v) is 24.9. The Morgan fingerprint density at radius 3 is 2.73 bits per heavy atom. The third kappa shape index (κ3) is 7.91. The van der Waals surface area contributed by atoms with Crippen LogP contribution in [0.25, 0.3) is 11.4 Å². The molecule has 0 radical (unpaired) electrons. The van der Waals surface area contributed by atoms with Crippen molar-refractivity contribution in [1.82, 2.24) is 35.3 Å². The second-order valence-electron chi connectivity index (χ2n) is 11.1. The van der Waals surface area contributed by atoms with Gasteiger partial charge in [0, 0.05) is 60.9 Å². The van der Waals surface area contributed by atoms with E-state index in [1.54, 1.807) is 23.9 Å². The third-order valence-corrected chi connectivity index (χ3v) is 8.47. The van der Waals surface area contributed by atoms with E-state index < -0.39 is 0 Å². The Bertz CT molecular complexity index is 1370. The molecule has 0 saturated carbocycles. The van der Waals surface area contributed by atoms with Gasteiger partial charge in [0.05, 0.1) is 6.54 Å². The molecule has 2 aliphatic heterocycles. The highest BCUT2D eigenvalue weighted by atomic mass is 79.9. The fourth-order valence-electron chi connectivity index (χ4n) is 6.12. The number of aromatic nitrogens is 4. The summed E-state index contributed by atoms with van der Waals surface area (Å²) in [7, 11) is 1.77. The van der Waals surface area contributed by atoms with Crippen LogP contribution in [0.15, 0.2) is 46.9 Å². The van der Waals surface area contributed by atoms with E-state index in [1.807, 2.05) is 30.3 Å². The lowest BCUT2D eigenvalue weighted by atomic mass is 9.88. The van der Waals surface area contributed by atoms with Gasteiger partial charge in [-0.25, -0.2) is 13.9 Å². The average molecular weight is 624 g/mol. The van der Waals surface area contributed by atoms with Crippen molar-refractivity contribution in [3.63, 3.8) is 0 Å². The predicted molar refractivity (Wildman–Crippen MR) is 161 cm³/mol. The molecule has 2 fully saturated rings. The largest absolute Gasteiger partial charge is 0.335 e. The van der Waals surface area contributed by atoms with Gasteiger partial charge in [0.1, 0.15) is 5.82 Å². The number of nitrogens with zero attached hydrogens (tertiary/aromatic N) is 6. The number of nitrogens with one attached hydrogen (secondary N) is 2. The molecule has 0 spiro atoms. The number of hydrogen-bond donors (Lipinski definition) is 2. The number of hydrogen-bond acceptors (Lipinski definition) is 6. The molecule has 9 nitrogen and oxygen atoms in total. The second-order valence-corrected chi connectivity index (χ2v) is 12.1. The number of likely N-dealkylation sites (tertiary alicyclic amines) is 2. The number of halogens is 2. The molecule has 1 aromatic heterocycles. The van der Waals surface area contributed by atoms with Gasteiger partial charge in [-0.1, -0.05) is 34.0 Å². The van der Waals surface area contributed by atoms with Crippen LogP contribution in [-0.2, 0) is 13.5 Å². The first-order valence-corrected chi connectivity index (χ1v) is 14.9. The van der Waals surface area contributed by atoms with Gasteiger partial charge in [0.15, 0.2) is 5.82 Å². The Morgan fingerprint density at radius 2 is 1.98 bits per heavy atom. The fraction of sp³-hybridized carbons (Fsp3) is 0.467. The summed E-state index contributed by atoms with van der Waals surface area (Å²) in [6, 6.07) is 12.3. The van der Waals surface area contributed by atoms with E-state index in [9.17, 15) is 9.18 Å². The number of tetrazole rings is 1. The zero-order chi connectivity index (χ0) is 28.8. The van der Waals surface area contributed by atoms with Gasteiger partial charge in [-0.15, -0.1) is 11.5 Å². The van der Waals surface area contributed by atoms with Crippen molar-refractivity contribution in [3.05, 3.63) is 58.3 Å². The molecule has 2 amide bonds. The summed E-state index contributed by atoms with van der Waals surface area (Å²) >= 11 is 3.53. The Balaban J connectivity index is 1.22. The molecule has 41 heavy (non-hydrogen) atoms. The summed E-state index contributed by atoms with van der Waals surface area (Å²) in [5.74, 6) is 3.97. The molecule has 3 aromatic rings. The van der Waals surface area contributed by atoms with Crippen molar-refractivity contribution < 1.29 is 9.18 Å². The molecular formula is C30H36BrFN8O. The Hall–Kier alpha value is -3.33. The van der Waals surface area contributed by atoms with Crippen LogP contribution in [0.5, 0.6) is 0 Å². The molecule has 2 aromatic carbocycles. The number of amides is 2. The molecule has 0 aliphatic carbocycles. The van der Waals surface area contributed by atoms with E-state index in [4.69, 9.17) is 6.42 Å². The molecule has 3 atom stereocenters. The maximum absolute atomic E-state index is 13.4. The molecule has 5 rings (SSSR count). The molecular weight excluding hydrogens is 587 g/mol. The first kappa shape index (κ1) is 29.2. The average Bonchev–Trinajstić information content (AvgIpc) is 3.37. The fourth-order valence-corrected chi connectivity index (χ4v) is 6.62. The Kier molecular flexibility index (Phi) is 9.64. The standard InChI is InChI=1S/C30H36BrFN8O/c1-3-11-39-13-10-28(34-30(41)33-27-16-23(15-25(31)17-27)29-35-36-37-38(29)2)24(19-39)20-40-12-4-5-22(18-40)14-21-6-8-26(32)9-7-21/h1,6-9,15-17,22,24,28H,4-5,10-14,18-20H2,2H3,(H2,33,34,41)/t22?,24-,28+/m0/s1. The number of rotatable bonds is 8. The molecule has 1 unspecified atom stereocenters. The summed E-state index contributed by atoms with van der Waals surface area (Å²) in [5, 5.41) is 18.0. The van der Waals surface area contributed by atoms with Gasteiger partial charge in [0.2, 0.25) is 0 Å². The summed E-state index contributed by atoms with van der Waals surface area (Å²) < 4.78 is 15.8. The minimum atomic E-state index is -0.238. The van der Waals surface area contributed by atoms with Gasteiger partial charge in [0.25, 0.3) is 0 Å². The quantitative estimate of drug-likeness (QED) is 0.366. The minimum Gasteiger partial charge on any atom is -0.335 e. The zero-order valence-electron chi connectivity index (χ0n) is 23.3. The molecule has 216 valence electrons. The maximum Gasteiger partial charge on any atom is 0.319 e. The molecule has 0 bridgehead atoms. The van der Waals surface area contributed by atoms with Crippen molar-refractivity contribution in [2.75, 3.05) is 44.6 Å². The lowest BCUT2D eigenvalue weighted by Crippen LogP contribution is -2.55. The molecule has 11 heteroatoms. The lowest BCUT2D eigenvalue weighted by molar-refractivity contribution is 0.0910. The molecule has 2 aliphatic rings. The van der Waals surface area contributed by atoms with Crippen LogP contribution in [-0.4, -0.2) is 81.3 Å². The van der Waals surface area contributed by atoms with E-state index in [-0.39, 0.29) is 23.8 Å². The molecule has 3 heterocycles. The number of urea groups is 1. The van der Waals surface area contributed by atoms with Crippen molar-refractivity contribution in [2.45, 2.75) is 31.7 Å². The van der Waals surface area contributed by atoms with Crippen LogP contribution < -0.4 is 10.6 Å². The summed E-state index contributed by atoms with van der Waals surface area (Å²) in [6.07, 6.45) is 9.73. The van der Waals surface area contributed by atoms with Crippen LogP contribution >= 0.6 is 15.9 Å². The highest BCUT2D eigenvalue weighted by Crippen LogP contribution is 2.27. The van der Waals surface area contributed by atoms with Crippen LogP contribution in [0.3, 0.4) is 0 Å². The number of anilines is 1. The summed E-state index contributed by atoms with van der Waals surface area (Å²) in [5.41, 5.74) is 2.62. The topological polar surface area (TPSA) is 91.2 Å². The van der Waals surface area contributed by atoms with Crippen LogP contribution in [0.4, 0.5) is 14.9 Å². The van der Waals surface area contributed by atoms with Crippen molar-refractivity contribution >= 4 is 27.6 Å². The van der Waals surface area contributed by atoms with Gasteiger partial charge in [-0.3, -0.25) is 4.90 Å². The first-order chi connectivity index (χ1) is 19.9. The normalized spacial score (nSPS) is 21.8. The van der Waals surface area contributed by atoms with E-state index in [2.05, 4.69) is 57.8 Å². The van der Waals surface area contributed by atoms with Crippen LogP contribution in [0.1, 0.15) is 24.8 Å². The van der Waals surface area contributed by atoms with E-state index in [0.717, 1.165) is 62.0 Å². The number of benzene rings is 2. The second kappa shape index (κ2) is 13.6. The monoisotopic (exact) mass is 622 g/mol. The molecule has 2 N–H and O–H groups in total. The first-order valence-electron chi connectivity index (χ1n) is 14.1. The summed E-state index contributed by atoms with van der Waals surface area (Å²) in [4.78, 5) is 18.0. The minimum absolute atomic E-state index is 0.0241. The van der Waals surface area contributed by atoms with E-state index in [1.165, 1.54) is 12.0 Å². The number of aryl methyl sites for hydroxylation is 1. The third-order valence-electron chi connectivity index (χ3n) is 8.02. The van der Waals surface area contributed by atoms with Gasteiger partial charge in [-0.2, -0.15) is 0 Å².